The zero-order valence-electron chi connectivity index (χ0n) is 31.0. The summed E-state index contributed by atoms with van der Waals surface area (Å²) in [7, 11) is 0. The van der Waals surface area contributed by atoms with Crippen molar-refractivity contribution in [1.29, 1.82) is 0 Å². The molecule has 0 saturated heterocycles. The van der Waals surface area contributed by atoms with Gasteiger partial charge in [-0.05, 0) is 37.8 Å². The molecule has 0 saturated carbocycles. The van der Waals surface area contributed by atoms with Gasteiger partial charge in [-0.1, -0.05) is 225 Å². The minimum Gasteiger partial charge on any atom is -0.448 e. The van der Waals surface area contributed by atoms with Crippen molar-refractivity contribution in [3.05, 3.63) is 146 Å². The summed E-state index contributed by atoms with van der Waals surface area (Å²) in [4.78, 5) is 35.7. The van der Waals surface area contributed by atoms with Gasteiger partial charge in [-0.25, -0.2) is 0 Å². The van der Waals surface area contributed by atoms with Crippen molar-refractivity contribution >= 4 is 18.0 Å². The van der Waals surface area contributed by atoms with Crippen LogP contribution >= 0.6 is 0 Å². The van der Waals surface area contributed by atoms with Crippen molar-refractivity contribution in [1.82, 2.24) is 0 Å². The van der Waals surface area contributed by atoms with Crippen LogP contribution in [0, 0.1) is 0 Å². The molecule has 0 aliphatic heterocycles. The van der Waals surface area contributed by atoms with Crippen LogP contribution in [0.3, 0.4) is 0 Å². The van der Waals surface area contributed by atoms with Gasteiger partial charge in [0.05, 0.1) is 0 Å². The lowest BCUT2D eigenvalue weighted by Gasteiger charge is -2.07. The predicted molar refractivity (Wildman–Crippen MR) is 216 cm³/mol. The molecule has 0 aromatic carbocycles. The van der Waals surface area contributed by atoms with Crippen LogP contribution in [0.2, 0.25) is 0 Å². The Balaban J connectivity index is 4.32. The molecule has 50 heavy (non-hydrogen) atoms. The van der Waals surface area contributed by atoms with Gasteiger partial charge in [0.1, 0.15) is 0 Å². The predicted octanol–water partition coefficient (Wildman–Crippen LogP) is 12.6. The number of hydrogen-bond acceptors (Lipinski definition) is 4. The summed E-state index contributed by atoms with van der Waals surface area (Å²) < 4.78 is 4.75. The third kappa shape index (κ3) is 33.6. The highest BCUT2D eigenvalue weighted by Crippen LogP contribution is 2.09. The molecule has 4 nitrogen and oxygen atoms in total. The monoisotopic (exact) mass is 680 g/mol. The molecule has 0 radical (unpaired) electrons. The van der Waals surface area contributed by atoms with Crippen LogP contribution in [0.15, 0.2) is 146 Å². The summed E-state index contributed by atoms with van der Waals surface area (Å²) in [5.74, 6) is -1.22. The van der Waals surface area contributed by atoms with Crippen LogP contribution in [0.4, 0.5) is 0 Å². The van der Waals surface area contributed by atoms with Crippen molar-refractivity contribution in [3.8, 4) is 0 Å². The number of carbonyl (C=O) groups excluding carboxylic acids is 3. The second-order valence-electron chi connectivity index (χ2n) is 11.9. The molecule has 0 rings (SSSR count). The van der Waals surface area contributed by atoms with Gasteiger partial charge in [0, 0.05) is 0 Å². The lowest BCUT2D eigenvalue weighted by molar-refractivity contribution is -0.147. The molecule has 0 aromatic heterocycles. The third-order valence-corrected chi connectivity index (χ3v) is 7.45. The molecule has 0 unspecified atom stereocenters. The van der Waals surface area contributed by atoms with Crippen LogP contribution in [-0.2, 0) is 19.1 Å². The number of hydrogen-bond donors (Lipinski definition) is 0. The Morgan fingerprint density at radius 3 is 1.00 bits per heavy atom. The fourth-order valence-corrected chi connectivity index (χ4v) is 4.62. The van der Waals surface area contributed by atoms with Crippen LogP contribution in [-0.4, -0.2) is 24.1 Å². The van der Waals surface area contributed by atoms with E-state index in [1.165, 1.54) is 114 Å². The van der Waals surface area contributed by atoms with E-state index in [0.717, 1.165) is 12.8 Å². The SMILES string of the molecule is CCCCCCCCCC=CC=CC=CC=CC=CC=CC(=O)C(OC=O)C(=O)C=CC=CC=CC=CC=CC=CCCCCCCCCC. The van der Waals surface area contributed by atoms with Gasteiger partial charge in [0.15, 0.2) is 0 Å². The van der Waals surface area contributed by atoms with Gasteiger partial charge in [0.25, 0.3) is 6.47 Å². The van der Waals surface area contributed by atoms with E-state index in [2.05, 4.69) is 38.2 Å². The number of carbonyl (C=O) groups is 3. The summed E-state index contributed by atoms with van der Waals surface area (Å²) in [5.41, 5.74) is 0. The van der Waals surface area contributed by atoms with Gasteiger partial charge in [-0.2, -0.15) is 0 Å². The van der Waals surface area contributed by atoms with E-state index in [0.29, 0.717) is 0 Å². The molecule has 0 spiro atoms. The van der Waals surface area contributed by atoms with E-state index < -0.39 is 17.7 Å². The van der Waals surface area contributed by atoms with Gasteiger partial charge in [0.2, 0.25) is 17.7 Å². The van der Waals surface area contributed by atoms with Crippen LogP contribution in [0.5, 0.6) is 0 Å². The summed E-state index contributed by atoms with van der Waals surface area (Å²) >= 11 is 0. The molecule has 0 bridgehead atoms. The topological polar surface area (TPSA) is 60.4 Å². The first-order valence-electron chi connectivity index (χ1n) is 18.8. The molecule has 4 heteroatoms. The van der Waals surface area contributed by atoms with E-state index in [4.69, 9.17) is 4.74 Å². The Morgan fingerprint density at radius 2 is 0.680 bits per heavy atom. The van der Waals surface area contributed by atoms with Crippen molar-refractivity contribution in [2.75, 3.05) is 0 Å². The van der Waals surface area contributed by atoms with Gasteiger partial charge < -0.3 is 4.74 Å². The first kappa shape index (κ1) is 45.7. The minimum absolute atomic E-state index is 0.111. The first-order valence-corrected chi connectivity index (χ1v) is 18.8. The number of ether oxygens (including phenoxy) is 1. The zero-order chi connectivity index (χ0) is 36.4. The second kappa shape index (κ2) is 39.1. The molecular weight excluding hydrogens is 617 g/mol. The number of rotatable bonds is 32. The summed E-state index contributed by atoms with van der Waals surface area (Å²) in [6.07, 6.45) is 63.3. The molecule has 0 aliphatic rings. The Morgan fingerprint density at radius 1 is 0.400 bits per heavy atom. The number of ketones is 2. The van der Waals surface area contributed by atoms with Crippen LogP contribution < -0.4 is 0 Å². The highest BCUT2D eigenvalue weighted by atomic mass is 16.5. The summed E-state index contributed by atoms with van der Waals surface area (Å²) in [6.45, 7) is 4.61. The van der Waals surface area contributed by atoms with E-state index in [-0.39, 0.29) is 6.47 Å². The summed E-state index contributed by atoms with van der Waals surface area (Å²) in [6, 6.07) is 0. The molecule has 0 fully saturated rings. The third-order valence-electron chi connectivity index (χ3n) is 7.45. The first-order chi connectivity index (χ1) is 24.7. The number of allylic oxidation sites excluding steroid dienone is 22. The van der Waals surface area contributed by atoms with Gasteiger partial charge in [-0.15, -0.1) is 0 Å². The van der Waals surface area contributed by atoms with Crippen molar-refractivity contribution in [3.63, 3.8) is 0 Å². The largest absolute Gasteiger partial charge is 0.448 e. The molecule has 272 valence electrons. The molecule has 0 aliphatic carbocycles. The lowest BCUT2D eigenvalue weighted by atomic mass is 10.1. The van der Waals surface area contributed by atoms with E-state index in [1.807, 2.05) is 72.9 Å². The Bertz CT molecular complexity index is 1120. The maximum absolute atomic E-state index is 12.4. The van der Waals surface area contributed by atoms with E-state index >= 15 is 0 Å². The van der Waals surface area contributed by atoms with E-state index in [1.54, 1.807) is 24.3 Å². The highest BCUT2D eigenvalue weighted by Gasteiger charge is 2.23. The average Bonchev–Trinajstić information content (AvgIpc) is 3.12. The minimum atomic E-state index is -1.51. The molecule has 0 aromatic rings. The van der Waals surface area contributed by atoms with Crippen LogP contribution in [0.25, 0.3) is 0 Å². The van der Waals surface area contributed by atoms with Crippen molar-refractivity contribution < 1.29 is 19.1 Å². The van der Waals surface area contributed by atoms with Gasteiger partial charge >= 0.3 is 0 Å². The molecule has 0 atom stereocenters. The van der Waals surface area contributed by atoms with Crippen molar-refractivity contribution in [2.45, 2.75) is 123 Å². The normalized spacial score (nSPS) is 13.9. The average molecular weight is 681 g/mol. The Kier molecular flexibility index (Phi) is 35.8. The molecule has 0 amide bonds. The Hall–Kier alpha value is -4.31. The van der Waals surface area contributed by atoms with Crippen molar-refractivity contribution in [2.24, 2.45) is 0 Å². The zero-order valence-corrected chi connectivity index (χ0v) is 31.0. The smallest absolute Gasteiger partial charge is 0.294 e. The lowest BCUT2D eigenvalue weighted by Crippen LogP contribution is -2.30. The molecule has 0 N–H and O–H groups in total. The number of unbranched alkanes of at least 4 members (excludes halogenated alkanes) is 14. The van der Waals surface area contributed by atoms with E-state index in [9.17, 15) is 14.4 Å². The van der Waals surface area contributed by atoms with Gasteiger partial charge in [-0.3, -0.25) is 14.4 Å². The molecular formula is C46H64O4. The summed E-state index contributed by atoms with van der Waals surface area (Å²) in [5, 5.41) is 0. The van der Waals surface area contributed by atoms with Crippen LogP contribution in [0.1, 0.15) is 117 Å². The maximum atomic E-state index is 12.4. The quantitative estimate of drug-likeness (QED) is 0.0233. The standard InChI is InChI=1S/C46H64O4/c1-3-5-7-9-11-13-15-17-19-21-23-25-27-29-31-33-35-37-39-41-44(48)46(50-43-47)45(49)42-40-38-36-34-32-30-28-26-24-22-20-18-16-14-12-10-8-6-4-2/h19-43,46H,3-18H2,1-2H3. The fourth-order valence-electron chi connectivity index (χ4n) is 4.62. The highest BCUT2D eigenvalue weighted by molar-refractivity contribution is 6.14. The maximum Gasteiger partial charge on any atom is 0.294 e. The second-order valence-corrected chi connectivity index (χ2v) is 11.9. The fraction of sp³-hybridized carbons (Fsp3) is 0.413. The molecule has 0 heterocycles. The Labute approximate surface area is 304 Å².